The first-order valence-corrected chi connectivity index (χ1v) is 14.1. The molecule has 2 rings (SSSR count). The molecule has 2 unspecified atom stereocenters. The molecule has 7 nitrogen and oxygen atoms in total. The maximum Gasteiger partial charge on any atom is 0.408 e. The molecule has 35 heavy (non-hydrogen) atoms. The average Bonchev–Trinajstić information content (AvgIpc) is 2.79. The molecule has 3 amide bonds. The molecule has 0 aromatic heterocycles. The number of likely N-dealkylation sites (N-methyl/N-ethyl adjacent to an activating group) is 1. The topological polar surface area (TPSA) is 87.7 Å². The first kappa shape index (κ1) is 29.0. The number of nitrogens with one attached hydrogen (secondary N) is 2. The van der Waals surface area contributed by atoms with Crippen LogP contribution in [0.4, 0.5) is 4.79 Å². The number of amides is 3. The number of thioether (sulfide) groups is 1. The van der Waals surface area contributed by atoms with Gasteiger partial charge in [-0.3, -0.25) is 9.59 Å². The first-order valence-electron chi connectivity index (χ1n) is 12.7. The summed E-state index contributed by atoms with van der Waals surface area (Å²) >= 11 is 1.60. The average molecular weight is 506 g/mol. The Morgan fingerprint density at radius 1 is 1.14 bits per heavy atom. The Kier molecular flexibility index (Phi) is 11.4. The third-order valence-corrected chi connectivity index (χ3v) is 6.86. The number of carbonyl (C=O) groups is 3. The van der Waals surface area contributed by atoms with Gasteiger partial charge in [0.15, 0.2) is 0 Å². The van der Waals surface area contributed by atoms with Gasteiger partial charge in [0, 0.05) is 12.6 Å². The number of ether oxygens (including phenoxy) is 1. The van der Waals surface area contributed by atoms with Gasteiger partial charge in [0.25, 0.3) is 0 Å². The van der Waals surface area contributed by atoms with E-state index in [1.54, 1.807) is 37.4 Å². The summed E-state index contributed by atoms with van der Waals surface area (Å²) in [6.07, 6.45) is 7.10. The van der Waals surface area contributed by atoms with Crippen LogP contribution in [-0.4, -0.2) is 59.0 Å². The Morgan fingerprint density at radius 2 is 1.80 bits per heavy atom. The highest BCUT2D eigenvalue weighted by atomic mass is 32.2. The molecule has 1 saturated carbocycles. The number of hydrogen-bond donors (Lipinski definition) is 2. The fourth-order valence-electron chi connectivity index (χ4n) is 4.48. The second-order valence-corrected chi connectivity index (χ2v) is 11.2. The summed E-state index contributed by atoms with van der Waals surface area (Å²) in [7, 11) is 0. The lowest BCUT2D eigenvalue weighted by Gasteiger charge is -2.35. The van der Waals surface area contributed by atoms with Crippen LogP contribution in [0.1, 0.15) is 83.4 Å². The Hall–Kier alpha value is -2.22. The molecule has 0 bridgehead atoms. The van der Waals surface area contributed by atoms with Gasteiger partial charge >= 0.3 is 6.09 Å². The van der Waals surface area contributed by atoms with E-state index in [4.69, 9.17) is 4.74 Å². The summed E-state index contributed by atoms with van der Waals surface area (Å²) in [5.74, 6) is 0.245. The molecule has 1 aromatic carbocycles. The highest BCUT2D eigenvalue weighted by Gasteiger charge is 2.36. The number of rotatable bonds is 10. The standard InChI is InChI=1S/C27H43N3O4S/c1-7-30(25(32)22(17-18-35-6)29-26(33)34-27(3,4)5)23(21-16-12-11-13-19(21)2)24(31)28-20-14-9-8-10-15-20/h11-13,16,20,22-23H,7-10,14-15,17-18H2,1-6H3,(H,28,31)(H,29,33). The molecular weight excluding hydrogens is 462 g/mol. The third-order valence-electron chi connectivity index (χ3n) is 6.22. The van der Waals surface area contributed by atoms with Crippen molar-refractivity contribution < 1.29 is 19.1 Å². The largest absolute Gasteiger partial charge is 0.444 e. The number of hydrogen-bond acceptors (Lipinski definition) is 5. The zero-order valence-electron chi connectivity index (χ0n) is 22.2. The van der Waals surface area contributed by atoms with Crippen LogP contribution in [0.5, 0.6) is 0 Å². The summed E-state index contributed by atoms with van der Waals surface area (Å²) in [5.41, 5.74) is 1.07. The predicted molar refractivity (Wildman–Crippen MR) is 142 cm³/mol. The molecule has 2 N–H and O–H groups in total. The summed E-state index contributed by atoms with van der Waals surface area (Å²) in [5, 5.41) is 5.99. The SMILES string of the molecule is CCN(C(=O)C(CCSC)NC(=O)OC(C)(C)C)C(C(=O)NC1CCCCC1)c1ccccc1C. The van der Waals surface area contributed by atoms with Crippen molar-refractivity contribution in [1.82, 2.24) is 15.5 Å². The first-order chi connectivity index (χ1) is 16.6. The molecule has 1 aromatic rings. The minimum atomic E-state index is -0.786. The second kappa shape index (κ2) is 13.8. The van der Waals surface area contributed by atoms with Crippen LogP contribution in [0.15, 0.2) is 24.3 Å². The van der Waals surface area contributed by atoms with Crippen molar-refractivity contribution in [2.24, 2.45) is 0 Å². The Labute approximate surface area is 215 Å². The van der Waals surface area contributed by atoms with Gasteiger partial charge in [-0.15, -0.1) is 0 Å². The van der Waals surface area contributed by atoms with Crippen LogP contribution < -0.4 is 10.6 Å². The summed E-state index contributed by atoms with van der Waals surface area (Å²) in [6.45, 7) is 9.52. The van der Waals surface area contributed by atoms with E-state index in [9.17, 15) is 14.4 Å². The summed E-state index contributed by atoms with van der Waals surface area (Å²) < 4.78 is 5.42. The summed E-state index contributed by atoms with van der Waals surface area (Å²) in [6, 6.07) is 6.26. The van der Waals surface area contributed by atoms with E-state index in [1.807, 2.05) is 44.4 Å². The number of nitrogens with zero attached hydrogens (tertiary/aromatic N) is 1. The van der Waals surface area contributed by atoms with E-state index >= 15 is 0 Å². The van der Waals surface area contributed by atoms with Gasteiger partial charge in [-0.25, -0.2) is 4.79 Å². The zero-order valence-corrected chi connectivity index (χ0v) is 23.0. The predicted octanol–water partition coefficient (Wildman–Crippen LogP) is 4.98. The number of alkyl carbamates (subject to hydrolysis) is 1. The van der Waals surface area contributed by atoms with E-state index in [-0.39, 0.29) is 17.9 Å². The van der Waals surface area contributed by atoms with Gasteiger partial charge in [0.05, 0.1) is 0 Å². The highest BCUT2D eigenvalue weighted by molar-refractivity contribution is 7.98. The monoisotopic (exact) mass is 505 g/mol. The smallest absolute Gasteiger partial charge is 0.408 e. The maximum absolute atomic E-state index is 13.9. The second-order valence-electron chi connectivity index (χ2n) is 10.2. The molecule has 8 heteroatoms. The van der Waals surface area contributed by atoms with Gasteiger partial charge in [-0.2, -0.15) is 11.8 Å². The van der Waals surface area contributed by atoms with Gasteiger partial charge in [0.2, 0.25) is 11.8 Å². The van der Waals surface area contributed by atoms with E-state index < -0.39 is 23.8 Å². The van der Waals surface area contributed by atoms with E-state index in [2.05, 4.69) is 10.6 Å². The highest BCUT2D eigenvalue weighted by Crippen LogP contribution is 2.27. The molecule has 1 fully saturated rings. The lowest BCUT2D eigenvalue weighted by molar-refractivity contribution is -0.142. The minimum absolute atomic E-state index is 0.128. The molecular formula is C27H43N3O4S. The van der Waals surface area contributed by atoms with Crippen molar-refractivity contribution in [3.63, 3.8) is 0 Å². The van der Waals surface area contributed by atoms with E-state index in [0.29, 0.717) is 18.7 Å². The normalized spacial score (nSPS) is 16.2. The number of aryl methyl sites for hydroxylation is 1. The summed E-state index contributed by atoms with van der Waals surface area (Å²) in [4.78, 5) is 41.7. The van der Waals surface area contributed by atoms with Crippen molar-refractivity contribution in [2.75, 3.05) is 18.6 Å². The lowest BCUT2D eigenvalue weighted by atomic mass is 9.93. The molecule has 0 aliphatic heterocycles. The molecule has 0 radical (unpaired) electrons. The van der Waals surface area contributed by atoms with Crippen molar-refractivity contribution in [3.05, 3.63) is 35.4 Å². The maximum atomic E-state index is 13.9. The zero-order chi connectivity index (χ0) is 26.0. The van der Waals surface area contributed by atoms with Gasteiger partial charge in [-0.05, 0) is 77.0 Å². The van der Waals surface area contributed by atoms with Crippen LogP contribution in [0, 0.1) is 6.92 Å². The molecule has 1 aliphatic carbocycles. The molecule has 0 saturated heterocycles. The Balaban J connectivity index is 2.36. The van der Waals surface area contributed by atoms with Crippen LogP contribution in [0.2, 0.25) is 0 Å². The van der Waals surface area contributed by atoms with Crippen molar-refractivity contribution >= 4 is 29.7 Å². The van der Waals surface area contributed by atoms with Crippen molar-refractivity contribution in [2.45, 2.75) is 96.9 Å². The van der Waals surface area contributed by atoms with Crippen LogP contribution in [-0.2, 0) is 14.3 Å². The molecule has 2 atom stereocenters. The third kappa shape index (κ3) is 9.06. The van der Waals surface area contributed by atoms with E-state index in [1.165, 1.54) is 6.42 Å². The van der Waals surface area contributed by atoms with Crippen LogP contribution >= 0.6 is 11.8 Å². The van der Waals surface area contributed by atoms with Crippen LogP contribution in [0.3, 0.4) is 0 Å². The fourth-order valence-corrected chi connectivity index (χ4v) is 4.95. The van der Waals surface area contributed by atoms with Gasteiger partial charge < -0.3 is 20.3 Å². The van der Waals surface area contributed by atoms with Gasteiger partial charge in [-0.1, -0.05) is 43.5 Å². The van der Waals surface area contributed by atoms with Crippen LogP contribution in [0.25, 0.3) is 0 Å². The quantitative estimate of drug-likeness (QED) is 0.468. The Morgan fingerprint density at radius 3 is 2.37 bits per heavy atom. The van der Waals surface area contributed by atoms with E-state index in [0.717, 1.165) is 36.8 Å². The fraction of sp³-hybridized carbons (Fsp3) is 0.667. The van der Waals surface area contributed by atoms with Crippen molar-refractivity contribution in [1.29, 1.82) is 0 Å². The lowest BCUT2D eigenvalue weighted by Crippen LogP contribution is -2.54. The number of carbonyl (C=O) groups excluding carboxylic acids is 3. The minimum Gasteiger partial charge on any atom is -0.444 e. The Bertz CT molecular complexity index is 849. The molecule has 0 heterocycles. The number of benzene rings is 1. The molecule has 196 valence electrons. The molecule has 1 aliphatic rings. The molecule has 0 spiro atoms. The van der Waals surface area contributed by atoms with Gasteiger partial charge in [0.1, 0.15) is 17.7 Å². The van der Waals surface area contributed by atoms with Crippen molar-refractivity contribution in [3.8, 4) is 0 Å².